The molecule has 0 spiro atoms. The second-order valence-corrected chi connectivity index (χ2v) is 8.60. The summed E-state index contributed by atoms with van der Waals surface area (Å²) in [6, 6.07) is 12.7. The second-order valence-electron chi connectivity index (χ2n) is 6.82. The van der Waals surface area contributed by atoms with E-state index in [4.69, 9.17) is 9.47 Å². The summed E-state index contributed by atoms with van der Waals surface area (Å²) < 4.78 is 12.1. The van der Waals surface area contributed by atoms with Crippen LogP contribution in [0.2, 0.25) is 0 Å². The Morgan fingerprint density at radius 2 is 1.74 bits per heavy atom. The maximum Gasteiger partial charge on any atom is 0.294 e. The van der Waals surface area contributed by atoms with Gasteiger partial charge in [0.15, 0.2) is 11.5 Å². The van der Waals surface area contributed by atoms with Gasteiger partial charge in [0.2, 0.25) is 11.6 Å². The summed E-state index contributed by atoms with van der Waals surface area (Å²) >= 11 is 2.72. The Bertz CT molecular complexity index is 1510. The molecule has 0 unspecified atom stereocenters. The predicted octanol–water partition coefficient (Wildman–Crippen LogP) is 4.94. The van der Waals surface area contributed by atoms with Gasteiger partial charge in [-0.2, -0.15) is 5.10 Å². The van der Waals surface area contributed by atoms with Crippen molar-refractivity contribution in [3.8, 4) is 22.1 Å². The predicted molar refractivity (Wildman–Crippen MR) is 126 cm³/mol. The topological polar surface area (TPSA) is 134 Å². The van der Waals surface area contributed by atoms with E-state index in [1.165, 1.54) is 51.8 Å². The Morgan fingerprint density at radius 3 is 2.47 bits per heavy atom. The van der Waals surface area contributed by atoms with Crippen LogP contribution in [0.3, 0.4) is 0 Å². The van der Waals surface area contributed by atoms with Crippen molar-refractivity contribution in [1.82, 2.24) is 4.68 Å². The number of para-hydroxylation sites is 2. The maximum atomic E-state index is 11.6. The smallest absolute Gasteiger partial charge is 0.294 e. The largest absolute Gasteiger partial charge is 0.454 e. The number of nitro groups is 2. The van der Waals surface area contributed by atoms with Gasteiger partial charge < -0.3 is 9.47 Å². The molecule has 11 nitrogen and oxygen atoms in total. The van der Waals surface area contributed by atoms with Crippen LogP contribution in [0.25, 0.3) is 10.6 Å². The molecule has 5 rings (SSSR count). The van der Waals surface area contributed by atoms with E-state index < -0.39 is 9.85 Å². The molecule has 1 aliphatic rings. The van der Waals surface area contributed by atoms with Gasteiger partial charge in [-0.25, -0.2) is 9.67 Å². The van der Waals surface area contributed by atoms with Crippen LogP contribution in [0.15, 0.2) is 69.4 Å². The Labute approximate surface area is 198 Å². The number of rotatable bonds is 6. The number of ether oxygens (including phenoxy) is 2. The number of thiazole rings is 1. The zero-order valence-corrected chi connectivity index (χ0v) is 18.7. The molecule has 13 heteroatoms. The van der Waals surface area contributed by atoms with Crippen LogP contribution in [0.4, 0.5) is 17.1 Å². The first-order valence-corrected chi connectivity index (χ1v) is 11.4. The van der Waals surface area contributed by atoms with E-state index in [1.807, 2.05) is 22.9 Å². The third-order valence-corrected chi connectivity index (χ3v) is 6.49. The SMILES string of the molecule is O=[N+]([O-])c1cc2c(cc1C=Nn1c(-c3cccs3)csc1=Nc1ccccc1[N+](=O)[O-])OCO2. The van der Waals surface area contributed by atoms with Gasteiger partial charge in [-0.15, -0.1) is 22.7 Å². The van der Waals surface area contributed by atoms with Crippen molar-refractivity contribution in [3.63, 3.8) is 0 Å². The summed E-state index contributed by atoms with van der Waals surface area (Å²) in [5.41, 5.74) is 0.734. The van der Waals surface area contributed by atoms with Gasteiger partial charge in [0.05, 0.1) is 38.3 Å². The van der Waals surface area contributed by atoms with E-state index in [-0.39, 0.29) is 29.4 Å². The highest BCUT2D eigenvalue weighted by Gasteiger charge is 2.23. The highest BCUT2D eigenvalue weighted by Crippen LogP contribution is 2.37. The molecular weight excluding hydrogens is 482 g/mol. The third kappa shape index (κ3) is 4.04. The summed E-state index contributed by atoms with van der Waals surface area (Å²) in [7, 11) is 0. The molecule has 0 saturated carbocycles. The lowest BCUT2D eigenvalue weighted by Gasteiger charge is -2.03. The molecule has 1 aliphatic heterocycles. The maximum absolute atomic E-state index is 11.6. The number of hydrogen-bond donors (Lipinski definition) is 0. The lowest BCUT2D eigenvalue weighted by molar-refractivity contribution is -0.385. The van der Waals surface area contributed by atoms with Gasteiger partial charge in [-0.1, -0.05) is 18.2 Å². The molecule has 170 valence electrons. The summed E-state index contributed by atoms with van der Waals surface area (Å²) in [4.78, 5) is 27.7. The zero-order valence-electron chi connectivity index (χ0n) is 17.1. The summed E-state index contributed by atoms with van der Waals surface area (Å²) in [6.07, 6.45) is 1.34. The molecule has 0 N–H and O–H groups in total. The lowest BCUT2D eigenvalue weighted by Crippen LogP contribution is -2.11. The molecule has 34 heavy (non-hydrogen) atoms. The normalized spacial score (nSPS) is 13.0. The van der Waals surface area contributed by atoms with Gasteiger partial charge in [0.25, 0.3) is 11.4 Å². The molecule has 0 saturated heterocycles. The van der Waals surface area contributed by atoms with Crippen LogP contribution in [0, 0.1) is 20.2 Å². The van der Waals surface area contributed by atoms with Crippen molar-refractivity contribution in [1.29, 1.82) is 0 Å². The minimum Gasteiger partial charge on any atom is -0.454 e. The Hall–Kier alpha value is -4.36. The second kappa shape index (κ2) is 8.88. The van der Waals surface area contributed by atoms with E-state index in [2.05, 4.69) is 10.1 Å². The fourth-order valence-corrected chi connectivity index (χ4v) is 4.87. The Kier molecular flexibility index (Phi) is 5.61. The van der Waals surface area contributed by atoms with Crippen molar-refractivity contribution in [2.45, 2.75) is 0 Å². The van der Waals surface area contributed by atoms with E-state index in [1.54, 1.807) is 18.2 Å². The van der Waals surface area contributed by atoms with Crippen LogP contribution in [-0.2, 0) is 0 Å². The average molecular weight is 495 g/mol. The molecule has 3 heterocycles. The fourth-order valence-electron chi connectivity index (χ4n) is 3.23. The third-order valence-electron chi connectivity index (χ3n) is 4.78. The van der Waals surface area contributed by atoms with E-state index in [0.29, 0.717) is 22.0 Å². The molecular formula is C21H13N5O6S2. The number of thiophene rings is 1. The first-order chi connectivity index (χ1) is 16.5. The van der Waals surface area contributed by atoms with Crippen molar-refractivity contribution in [2.75, 3.05) is 6.79 Å². The van der Waals surface area contributed by atoms with Crippen molar-refractivity contribution < 1.29 is 19.3 Å². The van der Waals surface area contributed by atoms with Gasteiger partial charge >= 0.3 is 0 Å². The number of fused-ring (bicyclic) bond motifs is 1. The van der Waals surface area contributed by atoms with E-state index >= 15 is 0 Å². The van der Waals surface area contributed by atoms with Crippen LogP contribution in [-0.4, -0.2) is 27.5 Å². The highest BCUT2D eigenvalue weighted by molar-refractivity contribution is 7.14. The quantitative estimate of drug-likeness (QED) is 0.211. The number of nitro benzene ring substituents is 2. The van der Waals surface area contributed by atoms with Crippen molar-refractivity contribution >= 4 is 46.0 Å². The van der Waals surface area contributed by atoms with E-state index in [0.717, 1.165) is 4.88 Å². The summed E-state index contributed by atoms with van der Waals surface area (Å²) in [5, 5.41) is 31.2. The average Bonchev–Trinajstić information content (AvgIpc) is 3.58. The molecule has 0 bridgehead atoms. The molecule has 0 aliphatic carbocycles. The Morgan fingerprint density at radius 1 is 0.971 bits per heavy atom. The summed E-state index contributed by atoms with van der Waals surface area (Å²) in [5.74, 6) is 0.670. The fraction of sp³-hybridized carbons (Fsp3) is 0.0476. The first-order valence-electron chi connectivity index (χ1n) is 9.66. The number of hydrogen-bond acceptors (Lipinski definition) is 10. The molecule has 0 atom stereocenters. The van der Waals surface area contributed by atoms with Gasteiger partial charge in [-0.05, 0) is 23.6 Å². The number of nitrogens with zero attached hydrogens (tertiary/aromatic N) is 5. The number of benzene rings is 2. The summed E-state index contributed by atoms with van der Waals surface area (Å²) in [6.45, 7) is -0.0201. The van der Waals surface area contributed by atoms with E-state index in [9.17, 15) is 20.2 Å². The molecule has 2 aromatic carbocycles. The van der Waals surface area contributed by atoms with Crippen molar-refractivity contribution in [2.24, 2.45) is 10.1 Å². The lowest BCUT2D eigenvalue weighted by atomic mass is 10.1. The van der Waals surface area contributed by atoms with Crippen LogP contribution < -0.4 is 14.3 Å². The monoisotopic (exact) mass is 495 g/mol. The molecule has 2 aromatic heterocycles. The van der Waals surface area contributed by atoms with Crippen molar-refractivity contribution in [3.05, 3.63) is 89.9 Å². The minimum atomic E-state index is -0.527. The van der Waals surface area contributed by atoms with Gasteiger partial charge in [0, 0.05) is 11.4 Å². The van der Waals surface area contributed by atoms with Crippen LogP contribution >= 0.6 is 22.7 Å². The van der Waals surface area contributed by atoms with Crippen LogP contribution in [0.1, 0.15) is 5.56 Å². The molecule has 0 radical (unpaired) electrons. The highest BCUT2D eigenvalue weighted by atomic mass is 32.1. The first kappa shape index (κ1) is 21.5. The molecule has 4 aromatic rings. The minimum absolute atomic E-state index is 0.0201. The van der Waals surface area contributed by atoms with Gasteiger partial charge in [-0.3, -0.25) is 20.2 Å². The van der Waals surface area contributed by atoms with Crippen LogP contribution in [0.5, 0.6) is 11.5 Å². The zero-order chi connectivity index (χ0) is 23.7. The molecule has 0 fully saturated rings. The molecule has 0 amide bonds. The standard InChI is InChI=1S/C21H13N5O6S2/c27-25(28)15-5-2-1-4-14(15)23-21-24(17(11-34-21)20-6-3-7-33-20)22-10-13-8-18-19(32-12-31-18)9-16(13)26(29)30/h1-11H,12H2. The Balaban J connectivity index is 1.66. The van der Waals surface area contributed by atoms with Gasteiger partial charge in [0.1, 0.15) is 5.69 Å². The number of aromatic nitrogens is 1.